The van der Waals surface area contributed by atoms with Gasteiger partial charge >= 0.3 is 12.1 Å². The maximum absolute atomic E-state index is 12.4. The monoisotopic (exact) mass is 366 g/mol. The molecule has 1 aliphatic heterocycles. The fourth-order valence-corrected chi connectivity index (χ4v) is 2.92. The molecule has 8 heteroatoms. The first-order valence-corrected chi connectivity index (χ1v) is 8.34. The topological polar surface area (TPSA) is 87.2 Å². The number of hydrogen-bond donors (Lipinski definition) is 0. The second-order valence-electron chi connectivity index (χ2n) is 7.07. The zero-order valence-electron chi connectivity index (χ0n) is 16.1. The Morgan fingerprint density at radius 2 is 1.81 bits per heavy atom. The van der Waals surface area contributed by atoms with Gasteiger partial charge in [0.25, 0.3) is 5.88 Å². The quantitative estimate of drug-likeness (QED) is 0.755. The van der Waals surface area contributed by atoms with Gasteiger partial charge in [-0.25, -0.2) is 9.78 Å². The van der Waals surface area contributed by atoms with Gasteiger partial charge in [-0.1, -0.05) is 0 Å². The number of amides is 1. The molecule has 0 radical (unpaired) electrons. The molecule has 1 aromatic rings. The number of hydrogen-bond acceptors (Lipinski definition) is 7. The third-order valence-electron chi connectivity index (χ3n) is 4.12. The van der Waals surface area contributed by atoms with Crippen LogP contribution in [0.15, 0.2) is 12.1 Å². The fraction of sp³-hybridized carbons (Fsp3) is 0.611. The molecule has 2 heterocycles. The van der Waals surface area contributed by atoms with Crippen LogP contribution in [0.4, 0.5) is 4.79 Å². The molecule has 8 nitrogen and oxygen atoms in total. The highest BCUT2D eigenvalue weighted by Crippen LogP contribution is 2.36. The smallest absolute Gasteiger partial charge is 0.410 e. The molecule has 0 aromatic carbocycles. The molecule has 1 aliphatic rings. The highest BCUT2D eigenvalue weighted by molar-refractivity contribution is 5.77. The van der Waals surface area contributed by atoms with E-state index in [4.69, 9.17) is 18.9 Å². The Morgan fingerprint density at radius 1 is 1.12 bits per heavy atom. The molecule has 1 fully saturated rings. The van der Waals surface area contributed by atoms with Crippen molar-refractivity contribution < 1.29 is 28.5 Å². The van der Waals surface area contributed by atoms with Crippen LogP contribution < -0.4 is 9.47 Å². The zero-order chi connectivity index (χ0) is 19.5. The van der Waals surface area contributed by atoms with Crippen LogP contribution in [0, 0.1) is 5.92 Å². The first kappa shape index (κ1) is 19.8. The number of carbonyl (C=O) groups is 2. The van der Waals surface area contributed by atoms with Gasteiger partial charge in [-0.15, -0.1) is 0 Å². The Kier molecular flexibility index (Phi) is 5.94. The second kappa shape index (κ2) is 7.80. The molecule has 0 N–H and O–H groups in total. The molecule has 0 bridgehead atoms. The second-order valence-corrected chi connectivity index (χ2v) is 7.07. The third-order valence-corrected chi connectivity index (χ3v) is 4.12. The third kappa shape index (κ3) is 4.36. The van der Waals surface area contributed by atoms with E-state index in [-0.39, 0.29) is 12.5 Å². The first-order valence-electron chi connectivity index (χ1n) is 8.34. The van der Waals surface area contributed by atoms with Gasteiger partial charge in [0.1, 0.15) is 5.60 Å². The van der Waals surface area contributed by atoms with E-state index < -0.39 is 23.6 Å². The minimum Gasteiger partial charge on any atom is -0.491 e. The van der Waals surface area contributed by atoms with Crippen molar-refractivity contribution in [2.75, 3.05) is 34.4 Å². The van der Waals surface area contributed by atoms with Crippen molar-refractivity contribution in [3.63, 3.8) is 0 Å². The van der Waals surface area contributed by atoms with Crippen LogP contribution in [0.1, 0.15) is 32.4 Å². The average Bonchev–Trinajstić information content (AvgIpc) is 3.04. The SMILES string of the molecule is COC(=O)C1CN(C(=O)OC(C)(C)C)CC1c1ccc(OC)c(OC)n1. The molecular weight excluding hydrogens is 340 g/mol. The minimum atomic E-state index is -0.614. The van der Waals surface area contributed by atoms with Crippen molar-refractivity contribution in [2.45, 2.75) is 32.3 Å². The molecule has 2 unspecified atom stereocenters. The highest BCUT2D eigenvalue weighted by atomic mass is 16.6. The van der Waals surface area contributed by atoms with Crippen LogP contribution >= 0.6 is 0 Å². The van der Waals surface area contributed by atoms with Gasteiger partial charge in [-0.2, -0.15) is 0 Å². The van der Waals surface area contributed by atoms with Gasteiger partial charge in [-0.3, -0.25) is 4.79 Å². The van der Waals surface area contributed by atoms with E-state index in [1.807, 2.05) is 0 Å². The number of likely N-dealkylation sites (tertiary alicyclic amines) is 1. The maximum atomic E-state index is 12.4. The maximum Gasteiger partial charge on any atom is 0.410 e. The number of ether oxygens (including phenoxy) is 4. The van der Waals surface area contributed by atoms with Crippen LogP contribution in [0.3, 0.4) is 0 Å². The van der Waals surface area contributed by atoms with E-state index in [0.717, 1.165) is 0 Å². The summed E-state index contributed by atoms with van der Waals surface area (Å²) in [7, 11) is 4.35. The van der Waals surface area contributed by atoms with Gasteiger partial charge in [0, 0.05) is 19.0 Å². The lowest BCUT2D eigenvalue weighted by atomic mass is 9.92. The molecule has 26 heavy (non-hydrogen) atoms. The lowest BCUT2D eigenvalue weighted by Crippen LogP contribution is -2.36. The molecular formula is C18H26N2O6. The molecule has 2 atom stereocenters. The summed E-state index contributed by atoms with van der Waals surface area (Å²) in [4.78, 5) is 30.6. The fourth-order valence-electron chi connectivity index (χ4n) is 2.92. The van der Waals surface area contributed by atoms with E-state index in [1.54, 1.807) is 32.9 Å². The molecule has 0 spiro atoms. The summed E-state index contributed by atoms with van der Waals surface area (Å²) < 4.78 is 20.8. The number of esters is 1. The van der Waals surface area contributed by atoms with Crippen molar-refractivity contribution >= 4 is 12.1 Å². The number of carbonyl (C=O) groups excluding carboxylic acids is 2. The normalized spacial score (nSPS) is 19.8. The molecule has 0 aliphatic carbocycles. The Bertz CT molecular complexity index is 670. The first-order chi connectivity index (χ1) is 12.2. The van der Waals surface area contributed by atoms with Crippen LogP contribution in [0.25, 0.3) is 0 Å². The number of pyridine rings is 1. The van der Waals surface area contributed by atoms with Crippen LogP contribution in [-0.2, 0) is 14.3 Å². The standard InChI is InChI=1S/C18H26N2O6/c1-18(2,3)26-17(22)20-9-11(12(10-20)16(21)25-6)13-7-8-14(23-4)15(19-13)24-5/h7-8,11-12H,9-10H2,1-6H3. The van der Waals surface area contributed by atoms with Crippen LogP contribution in [0.5, 0.6) is 11.6 Å². The van der Waals surface area contributed by atoms with Crippen LogP contribution in [-0.4, -0.2) is 62.0 Å². The van der Waals surface area contributed by atoms with Crippen molar-refractivity contribution in [3.05, 3.63) is 17.8 Å². The predicted molar refractivity (Wildman–Crippen MR) is 93.4 cm³/mol. The summed E-state index contributed by atoms with van der Waals surface area (Å²) in [6.07, 6.45) is -0.464. The van der Waals surface area contributed by atoms with Gasteiger partial charge in [0.2, 0.25) is 0 Å². The Hall–Kier alpha value is -2.51. The molecule has 1 aromatic heterocycles. The summed E-state index contributed by atoms with van der Waals surface area (Å²) in [6.45, 7) is 5.91. The number of rotatable bonds is 4. The molecule has 2 rings (SSSR count). The Balaban J connectivity index is 2.30. The van der Waals surface area contributed by atoms with Crippen molar-refractivity contribution in [3.8, 4) is 11.6 Å². The lowest BCUT2D eigenvalue weighted by molar-refractivity contribution is -0.145. The summed E-state index contributed by atoms with van der Waals surface area (Å²) in [5.74, 6) is -0.428. The van der Waals surface area contributed by atoms with E-state index in [9.17, 15) is 9.59 Å². The number of aromatic nitrogens is 1. The van der Waals surface area contributed by atoms with Crippen molar-refractivity contribution in [1.29, 1.82) is 0 Å². The highest BCUT2D eigenvalue weighted by Gasteiger charge is 2.43. The molecule has 144 valence electrons. The number of methoxy groups -OCH3 is 3. The van der Waals surface area contributed by atoms with E-state index >= 15 is 0 Å². The van der Waals surface area contributed by atoms with Gasteiger partial charge in [-0.05, 0) is 32.9 Å². The largest absolute Gasteiger partial charge is 0.491 e. The van der Waals surface area contributed by atoms with E-state index in [1.165, 1.54) is 26.2 Å². The van der Waals surface area contributed by atoms with Crippen molar-refractivity contribution in [1.82, 2.24) is 9.88 Å². The molecule has 0 saturated carbocycles. The van der Waals surface area contributed by atoms with Gasteiger partial charge in [0.05, 0.1) is 32.9 Å². The summed E-state index contributed by atoms with van der Waals surface area (Å²) in [5, 5.41) is 0. The number of nitrogens with zero attached hydrogens (tertiary/aromatic N) is 2. The minimum absolute atomic E-state index is 0.211. The van der Waals surface area contributed by atoms with E-state index in [2.05, 4.69) is 4.98 Å². The van der Waals surface area contributed by atoms with Gasteiger partial charge in [0.15, 0.2) is 5.75 Å². The molecule has 1 saturated heterocycles. The summed E-state index contributed by atoms with van der Waals surface area (Å²) >= 11 is 0. The molecule has 1 amide bonds. The predicted octanol–water partition coefficient (Wildman–Crippen LogP) is 2.22. The Labute approximate surface area is 153 Å². The average molecular weight is 366 g/mol. The van der Waals surface area contributed by atoms with E-state index in [0.29, 0.717) is 23.9 Å². The zero-order valence-corrected chi connectivity index (χ0v) is 16.1. The van der Waals surface area contributed by atoms with Gasteiger partial charge < -0.3 is 23.8 Å². The summed E-state index contributed by atoms with van der Waals surface area (Å²) in [5.41, 5.74) is 0.0152. The van der Waals surface area contributed by atoms with Crippen molar-refractivity contribution in [2.24, 2.45) is 5.92 Å². The lowest BCUT2D eigenvalue weighted by Gasteiger charge is -2.24. The van der Waals surface area contributed by atoms with Crippen LogP contribution in [0.2, 0.25) is 0 Å². The summed E-state index contributed by atoms with van der Waals surface area (Å²) in [6, 6.07) is 3.49. The Morgan fingerprint density at radius 3 is 2.35 bits per heavy atom.